The Morgan fingerprint density at radius 2 is 1.15 bits per heavy atom. The van der Waals surface area contributed by atoms with E-state index in [1.54, 1.807) is 18.2 Å². The summed E-state index contributed by atoms with van der Waals surface area (Å²) in [7, 11) is -3.21. The number of fused-ring (bicyclic) bond motifs is 6. The van der Waals surface area contributed by atoms with Gasteiger partial charge < -0.3 is 4.57 Å². The van der Waals surface area contributed by atoms with Crippen molar-refractivity contribution < 1.29 is 4.57 Å². The van der Waals surface area contributed by atoms with Gasteiger partial charge in [0, 0.05) is 26.9 Å². The van der Waals surface area contributed by atoms with Gasteiger partial charge in [0.1, 0.15) is 11.5 Å². The predicted octanol–water partition coefficient (Wildman–Crippen LogP) is 11.8. The van der Waals surface area contributed by atoms with Crippen LogP contribution in [-0.2, 0) is 4.57 Å². The van der Waals surface area contributed by atoms with Gasteiger partial charge >= 0.3 is 0 Å². The highest BCUT2D eigenvalue weighted by Gasteiger charge is 2.30. The Labute approximate surface area is 308 Å². The van der Waals surface area contributed by atoms with E-state index in [9.17, 15) is 4.57 Å². The molecule has 0 aliphatic heterocycles. The molecule has 0 saturated carbocycles. The van der Waals surface area contributed by atoms with Crippen LogP contribution in [0.1, 0.15) is 0 Å². The van der Waals surface area contributed by atoms with E-state index in [-0.39, 0.29) is 0 Å². The molecule has 5 heteroatoms. The van der Waals surface area contributed by atoms with Crippen molar-refractivity contribution in [2.24, 2.45) is 0 Å². The van der Waals surface area contributed by atoms with Gasteiger partial charge in [0.25, 0.3) is 0 Å². The van der Waals surface area contributed by atoms with E-state index in [2.05, 4.69) is 109 Å². The van der Waals surface area contributed by atoms with E-state index >= 15 is 0 Å². The Hall–Kier alpha value is -6.61. The van der Waals surface area contributed by atoms with Gasteiger partial charge in [-0.25, -0.2) is 9.97 Å². The lowest BCUT2D eigenvalue weighted by atomic mass is 9.98. The Morgan fingerprint density at radius 3 is 1.89 bits per heavy atom. The molecule has 9 aromatic rings. The highest BCUT2D eigenvalue weighted by Crippen LogP contribution is 2.52. The Balaban J connectivity index is 1.15. The second kappa shape index (κ2) is 13.2. The molecule has 252 valence electrons. The Morgan fingerprint density at radius 1 is 0.547 bits per heavy atom. The zero-order valence-electron chi connectivity index (χ0n) is 28.9. The van der Waals surface area contributed by atoms with E-state index in [0.717, 1.165) is 55.4 Å². The number of aromatic nitrogens is 3. The van der Waals surface area contributed by atoms with Gasteiger partial charge in [0.15, 0.2) is 7.14 Å². The summed E-state index contributed by atoms with van der Waals surface area (Å²) in [5.74, 6) is 0.764. The van der Waals surface area contributed by atoms with Crippen LogP contribution < -0.4 is 10.6 Å². The minimum atomic E-state index is -3.21. The maximum Gasteiger partial charge on any atom is 0.170 e. The predicted molar refractivity (Wildman–Crippen MR) is 224 cm³/mol. The molecule has 0 fully saturated rings. The van der Waals surface area contributed by atoms with Crippen LogP contribution >= 0.6 is 7.14 Å². The number of rotatable bonds is 8. The highest BCUT2D eigenvalue weighted by molar-refractivity contribution is 7.82. The second-order valence-electron chi connectivity index (χ2n) is 13.1. The van der Waals surface area contributed by atoms with Crippen LogP contribution in [0.25, 0.3) is 72.0 Å². The monoisotopic (exact) mass is 699 g/mol. The second-order valence-corrected chi connectivity index (χ2v) is 15.9. The summed E-state index contributed by atoms with van der Waals surface area (Å²) in [6, 6.07) is 55.9. The third kappa shape index (κ3) is 5.52. The van der Waals surface area contributed by atoms with Gasteiger partial charge in [-0.1, -0.05) is 165 Å². The zero-order chi connectivity index (χ0) is 35.9. The standard InChI is InChI=1S/C48H34N3OP/c1-3-12-40(4-2)53(52,41-15-6-5-7-16-41)42-28-25-36(26-29-42)47-49-44-30-27-39(32-43(44)48-50-45-17-10-11-18-46(45)51(47)48)35-21-19-34(20-22-35)38-24-23-33-13-8-9-14-37(33)31-38/h3-32H,1-2H2/b40-12+. The van der Waals surface area contributed by atoms with Gasteiger partial charge in [-0.2, -0.15) is 0 Å². The molecule has 0 N–H and O–H groups in total. The average molecular weight is 700 g/mol. The molecule has 0 radical (unpaired) electrons. The molecule has 4 nitrogen and oxygen atoms in total. The quantitative estimate of drug-likeness (QED) is 0.117. The molecule has 0 amide bonds. The molecule has 0 aliphatic rings. The molecule has 53 heavy (non-hydrogen) atoms. The maximum absolute atomic E-state index is 15.0. The number of imidazole rings is 1. The minimum absolute atomic E-state index is 0.636. The number of para-hydroxylation sites is 2. The van der Waals surface area contributed by atoms with E-state index in [0.29, 0.717) is 10.6 Å². The first-order chi connectivity index (χ1) is 26.0. The lowest BCUT2D eigenvalue weighted by Gasteiger charge is -2.21. The lowest BCUT2D eigenvalue weighted by Crippen LogP contribution is -2.17. The summed E-state index contributed by atoms with van der Waals surface area (Å²) in [4.78, 5) is 10.4. The van der Waals surface area contributed by atoms with Gasteiger partial charge in [-0.05, 0) is 63.4 Å². The van der Waals surface area contributed by atoms with E-state index in [1.165, 1.54) is 21.9 Å². The largest absolute Gasteiger partial charge is 0.309 e. The number of hydrogen-bond acceptors (Lipinski definition) is 3. The highest BCUT2D eigenvalue weighted by atomic mass is 31.2. The number of hydrogen-bond donors (Lipinski definition) is 0. The van der Waals surface area contributed by atoms with Gasteiger partial charge in [0.05, 0.1) is 16.6 Å². The first kappa shape index (κ1) is 32.3. The summed E-state index contributed by atoms with van der Waals surface area (Å²) >= 11 is 0. The SMILES string of the molecule is C=C/C=C(\C=C)P(=O)(c1ccccc1)c1ccc(-c2nc3ccc(-c4ccc(-c5ccc6ccccc6c5)cc4)cc3c3nc4ccccc4n23)cc1. The summed E-state index contributed by atoms with van der Waals surface area (Å²) in [5, 5.41) is 5.53. The fourth-order valence-electron chi connectivity index (χ4n) is 7.32. The van der Waals surface area contributed by atoms with Crippen LogP contribution in [0.2, 0.25) is 0 Å². The average Bonchev–Trinajstić information content (AvgIpc) is 3.62. The molecule has 1 unspecified atom stereocenters. The van der Waals surface area contributed by atoms with Crippen molar-refractivity contribution in [1.29, 1.82) is 0 Å². The topological polar surface area (TPSA) is 47.3 Å². The first-order valence-electron chi connectivity index (χ1n) is 17.6. The van der Waals surface area contributed by atoms with E-state index in [1.807, 2.05) is 72.8 Å². The molecule has 0 spiro atoms. The molecule has 2 aromatic heterocycles. The lowest BCUT2D eigenvalue weighted by molar-refractivity contribution is 0.591. The maximum atomic E-state index is 15.0. The molecule has 0 bridgehead atoms. The molecular weight excluding hydrogens is 666 g/mol. The molecule has 9 rings (SSSR count). The minimum Gasteiger partial charge on any atom is -0.309 e. The van der Waals surface area contributed by atoms with Crippen molar-refractivity contribution in [3.8, 4) is 33.6 Å². The van der Waals surface area contributed by atoms with Crippen molar-refractivity contribution >= 4 is 56.1 Å². The molecule has 1 atom stereocenters. The smallest absolute Gasteiger partial charge is 0.170 e. The van der Waals surface area contributed by atoms with Crippen LogP contribution in [0.15, 0.2) is 200 Å². The molecule has 0 aliphatic carbocycles. The summed E-state index contributed by atoms with van der Waals surface area (Å²) in [6.07, 6.45) is 5.12. The van der Waals surface area contributed by atoms with Crippen molar-refractivity contribution in [2.45, 2.75) is 0 Å². The molecule has 7 aromatic carbocycles. The fraction of sp³-hybridized carbons (Fsp3) is 0. The van der Waals surface area contributed by atoms with Gasteiger partial charge in [0.2, 0.25) is 0 Å². The normalized spacial score (nSPS) is 13.0. The van der Waals surface area contributed by atoms with Crippen LogP contribution in [0.5, 0.6) is 0 Å². The van der Waals surface area contributed by atoms with Crippen molar-refractivity contribution in [3.63, 3.8) is 0 Å². The van der Waals surface area contributed by atoms with E-state index < -0.39 is 7.14 Å². The first-order valence-corrected chi connectivity index (χ1v) is 19.3. The third-order valence-corrected chi connectivity index (χ3v) is 13.1. The fourth-order valence-corrected chi connectivity index (χ4v) is 9.95. The number of nitrogens with zero attached hydrogens (tertiary/aromatic N) is 3. The molecule has 2 heterocycles. The van der Waals surface area contributed by atoms with Gasteiger partial charge in [-0.15, -0.1) is 0 Å². The van der Waals surface area contributed by atoms with Crippen LogP contribution in [0.3, 0.4) is 0 Å². The Kier molecular flexibility index (Phi) is 8.03. The van der Waals surface area contributed by atoms with Crippen LogP contribution in [-0.4, -0.2) is 14.4 Å². The third-order valence-electron chi connectivity index (χ3n) is 10.0. The molecule has 0 saturated heterocycles. The van der Waals surface area contributed by atoms with Crippen molar-refractivity contribution in [3.05, 3.63) is 200 Å². The summed E-state index contributed by atoms with van der Waals surface area (Å²) in [6.45, 7) is 7.85. The van der Waals surface area contributed by atoms with Crippen molar-refractivity contribution in [1.82, 2.24) is 14.4 Å². The Bertz CT molecular complexity index is 2940. The van der Waals surface area contributed by atoms with E-state index in [4.69, 9.17) is 9.97 Å². The zero-order valence-corrected chi connectivity index (χ0v) is 29.8. The van der Waals surface area contributed by atoms with Gasteiger partial charge in [-0.3, -0.25) is 4.40 Å². The number of benzene rings is 7. The number of allylic oxidation sites excluding steroid dienone is 4. The summed E-state index contributed by atoms with van der Waals surface area (Å²) < 4.78 is 17.1. The van der Waals surface area contributed by atoms with Crippen molar-refractivity contribution in [2.75, 3.05) is 0 Å². The molecular formula is C48H34N3OP. The van der Waals surface area contributed by atoms with Crippen LogP contribution in [0, 0.1) is 0 Å². The van der Waals surface area contributed by atoms with Crippen LogP contribution in [0.4, 0.5) is 0 Å². The summed E-state index contributed by atoms with van der Waals surface area (Å²) in [5.41, 5.74) is 9.03.